The number of hydrogen-bond acceptors (Lipinski definition) is 2. The zero-order valence-corrected chi connectivity index (χ0v) is 12.8. The molecule has 0 saturated heterocycles. The van der Waals surface area contributed by atoms with Crippen LogP contribution >= 0.6 is 0 Å². The molecule has 0 aromatic heterocycles. The molecular formula is C16H33NO. The van der Waals surface area contributed by atoms with E-state index in [1.54, 1.807) is 0 Å². The summed E-state index contributed by atoms with van der Waals surface area (Å²) in [4.78, 5) is 0. The van der Waals surface area contributed by atoms with Gasteiger partial charge in [0.2, 0.25) is 0 Å². The number of ether oxygens (including phenoxy) is 1. The second-order valence-electron chi connectivity index (χ2n) is 6.64. The standard InChI is InChI=1S/C16H33NO/c1-4-5-6-7-8-9-12-18-14-16(2,3)13-17-15-10-11-15/h15,17H,4-14H2,1-3H3. The van der Waals surface area contributed by atoms with Crippen LogP contribution in [-0.2, 0) is 4.74 Å². The van der Waals surface area contributed by atoms with Crippen molar-refractivity contribution in [1.29, 1.82) is 0 Å². The van der Waals surface area contributed by atoms with Crippen molar-refractivity contribution in [2.24, 2.45) is 5.41 Å². The highest BCUT2D eigenvalue weighted by Gasteiger charge is 2.25. The molecule has 1 N–H and O–H groups in total. The van der Waals surface area contributed by atoms with Gasteiger partial charge in [-0.05, 0) is 19.3 Å². The second-order valence-corrected chi connectivity index (χ2v) is 6.64. The molecule has 0 amide bonds. The molecule has 0 bridgehead atoms. The van der Waals surface area contributed by atoms with Crippen LogP contribution < -0.4 is 5.32 Å². The molecule has 18 heavy (non-hydrogen) atoms. The van der Waals surface area contributed by atoms with Crippen LogP contribution in [0.25, 0.3) is 0 Å². The molecule has 1 saturated carbocycles. The number of rotatable bonds is 12. The first-order valence-corrected chi connectivity index (χ1v) is 7.95. The molecule has 0 aromatic carbocycles. The molecule has 1 fully saturated rings. The first-order valence-electron chi connectivity index (χ1n) is 7.95. The van der Waals surface area contributed by atoms with Gasteiger partial charge in [-0.15, -0.1) is 0 Å². The van der Waals surface area contributed by atoms with Crippen molar-refractivity contribution in [1.82, 2.24) is 5.32 Å². The van der Waals surface area contributed by atoms with Crippen LogP contribution in [0.4, 0.5) is 0 Å². The lowest BCUT2D eigenvalue weighted by atomic mass is 9.95. The summed E-state index contributed by atoms with van der Waals surface area (Å²) in [5.74, 6) is 0. The Hall–Kier alpha value is -0.0800. The molecule has 2 nitrogen and oxygen atoms in total. The van der Waals surface area contributed by atoms with E-state index in [9.17, 15) is 0 Å². The van der Waals surface area contributed by atoms with Crippen molar-refractivity contribution in [3.05, 3.63) is 0 Å². The zero-order valence-electron chi connectivity index (χ0n) is 12.8. The molecule has 0 unspecified atom stereocenters. The first-order chi connectivity index (χ1) is 8.64. The van der Waals surface area contributed by atoms with Gasteiger partial charge in [0.15, 0.2) is 0 Å². The van der Waals surface area contributed by atoms with Gasteiger partial charge in [-0.25, -0.2) is 0 Å². The fourth-order valence-corrected chi connectivity index (χ4v) is 2.09. The normalized spacial score (nSPS) is 16.2. The largest absolute Gasteiger partial charge is 0.381 e. The predicted octanol–water partition coefficient (Wildman–Crippen LogP) is 4.14. The van der Waals surface area contributed by atoms with Crippen molar-refractivity contribution < 1.29 is 4.74 Å². The molecule has 0 aliphatic heterocycles. The summed E-state index contributed by atoms with van der Waals surface area (Å²) in [5.41, 5.74) is 0.283. The quantitative estimate of drug-likeness (QED) is 0.529. The van der Waals surface area contributed by atoms with E-state index in [1.165, 1.54) is 51.4 Å². The summed E-state index contributed by atoms with van der Waals surface area (Å²) >= 11 is 0. The maximum absolute atomic E-state index is 5.82. The zero-order chi connectivity index (χ0) is 13.3. The smallest absolute Gasteiger partial charge is 0.0529 e. The highest BCUT2D eigenvalue weighted by atomic mass is 16.5. The Labute approximate surface area is 114 Å². The monoisotopic (exact) mass is 255 g/mol. The summed E-state index contributed by atoms with van der Waals surface area (Å²) in [6.07, 6.45) is 10.8. The maximum atomic E-state index is 5.82. The lowest BCUT2D eigenvalue weighted by molar-refractivity contribution is 0.0595. The lowest BCUT2D eigenvalue weighted by Crippen LogP contribution is -2.34. The van der Waals surface area contributed by atoms with Crippen LogP contribution in [0, 0.1) is 5.41 Å². The summed E-state index contributed by atoms with van der Waals surface area (Å²) in [5, 5.41) is 3.59. The van der Waals surface area contributed by atoms with Gasteiger partial charge in [0.25, 0.3) is 0 Å². The van der Waals surface area contributed by atoms with Crippen molar-refractivity contribution in [2.75, 3.05) is 19.8 Å². The fraction of sp³-hybridized carbons (Fsp3) is 1.00. The van der Waals surface area contributed by atoms with Gasteiger partial charge in [0.05, 0.1) is 6.61 Å². The van der Waals surface area contributed by atoms with E-state index in [0.29, 0.717) is 0 Å². The van der Waals surface area contributed by atoms with Crippen LogP contribution in [-0.4, -0.2) is 25.8 Å². The number of unbranched alkanes of at least 4 members (excludes halogenated alkanes) is 5. The minimum absolute atomic E-state index is 0.283. The average molecular weight is 255 g/mol. The van der Waals surface area contributed by atoms with Gasteiger partial charge in [0, 0.05) is 24.6 Å². The van der Waals surface area contributed by atoms with Crippen molar-refractivity contribution >= 4 is 0 Å². The first kappa shape index (κ1) is 16.0. The predicted molar refractivity (Wildman–Crippen MR) is 79.0 cm³/mol. The number of hydrogen-bond donors (Lipinski definition) is 1. The summed E-state index contributed by atoms with van der Waals surface area (Å²) in [6, 6.07) is 0.808. The molecule has 1 aliphatic rings. The molecule has 1 aliphatic carbocycles. The topological polar surface area (TPSA) is 21.3 Å². The van der Waals surface area contributed by atoms with E-state index in [4.69, 9.17) is 4.74 Å². The maximum Gasteiger partial charge on any atom is 0.0529 e. The van der Waals surface area contributed by atoms with E-state index in [2.05, 4.69) is 26.1 Å². The van der Waals surface area contributed by atoms with Crippen molar-refractivity contribution in [2.45, 2.75) is 78.2 Å². The average Bonchev–Trinajstić information content (AvgIpc) is 3.14. The van der Waals surface area contributed by atoms with Gasteiger partial charge < -0.3 is 10.1 Å². The molecule has 108 valence electrons. The molecule has 0 aromatic rings. The molecule has 1 rings (SSSR count). The Kier molecular flexibility index (Phi) is 7.92. The van der Waals surface area contributed by atoms with E-state index in [1.807, 2.05) is 0 Å². The van der Waals surface area contributed by atoms with Gasteiger partial charge in [-0.1, -0.05) is 52.9 Å². The molecular weight excluding hydrogens is 222 g/mol. The molecule has 0 atom stereocenters. The van der Waals surface area contributed by atoms with E-state index < -0.39 is 0 Å². The number of nitrogens with one attached hydrogen (secondary N) is 1. The Balaban J connectivity index is 1.85. The third-order valence-electron chi connectivity index (χ3n) is 3.58. The lowest BCUT2D eigenvalue weighted by Gasteiger charge is -2.25. The van der Waals surface area contributed by atoms with E-state index in [-0.39, 0.29) is 5.41 Å². The van der Waals surface area contributed by atoms with E-state index in [0.717, 1.165) is 25.8 Å². The third kappa shape index (κ3) is 8.93. The van der Waals surface area contributed by atoms with Gasteiger partial charge >= 0.3 is 0 Å². The molecule has 0 spiro atoms. The molecule has 0 heterocycles. The van der Waals surface area contributed by atoms with E-state index >= 15 is 0 Å². The Morgan fingerprint density at radius 1 is 1.06 bits per heavy atom. The van der Waals surface area contributed by atoms with Gasteiger partial charge in [-0.2, -0.15) is 0 Å². The third-order valence-corrected chi connectivity index (χ3v) is 3.58. The molecule has 2 heteroatoms. The summed E-state index contributed by atoms with van der Waals surface area (Å²) < 4.78 is 5.82. The Bertz CT molecular complexity index is 199. The van der Waals surface area contributed by atoms with Gasteiger partial charge in [0.1, 0.15) is 0 Å². The van der Waals surface area contributed by atoms with Crippen LogP contribution in [0.15, 0.2) is 0 Å². The highest BCUT2D eigenvalue weighted by molar-refractivity contribution is 4.83. The van der Waals surface area contributed by atoms with Crippen LogP contribution in [0.2, 0.25) is 0 Å². The Morgan fingerprint density at radius 2 is 1.72 bits per heavy atom. The van der Waals surface area contributed by atoms with Crippen LogP contribution in [0.5, 0.6) is 0 Å². The second kappa shape index (κ2) is 8.92. The van der Waals surface area contributed by atoms with Crippen LogP contribution in [0.1, 0.15) is 72.1 Å². The highest BCUT2D eigenvalue weighted by Crippen LogP contribution is 2.22. The minimum Gasteiger partial charge on any atom is -0.381 e. The van der Waals surface area contributed by atoms with Crippen molar-refractivity contribution in [3.8, 4) is 0 Å². The Morgan fingerprint density at radius 3 is 2.39 bits per heavy atom. The fourth-order valence-electron chi connectivity index (χ4n) is 2.09. The summed E-state index contributed by atoms with van der Waals surface area (Å²) in [6.45, 7) is 9.78. The van der Waals surface area contributed by atoms with Crippen LogP contribution in [0.3, 0.4) is 0 Å². The molecule has 0 radical (unpaired) electrons. The summed E-state index contributed by atoms with van der Waals surface area (Å²) in [7, 11) is 0. The van der Waals surface area contributed by atoms with Crippen molar-refractivity contribution in [3.63, 3.8) is 0 Å². The SMILES string of the molecule is CCCCCCCCOCC(C)(C)CNC1CC1. The minimum atomic E-state index is 0.283. The van der Waals surface area contributed by atoms with Gasteiger partial charge in [-0.3, -0.25) is 0 Å².